The van der Waals surface area contributed by atoms with Gasteiger partial charge in [0, 0.05) is 65.4 Å². The van der Waals surface area contributed by atoms with Crippen molar-refractivity contribution < 1.29 is 4.42 Å². The Hall–Kier alpha value is -7.02. The normalized spacial score (nSPS) is 13.5. The zero-order valence-electron chi connectivity index (χ0n) is 43.2. The fourth-order valence-electron chi connectivity index (χ4n) is 11.2. The molecule has 8 aromatic carbocycles. The number of anilines is 9. The fraction of sp³-hybridized carbons (Fsp3) is 0.231. The number of para-hydroxylation sites is 1. The van der Waals surface area contributed by atoms with Crippen LogP contribution in [0.4, 0.5) is 51.2 Å². The van der Waals surface area contributed by atoms with Crippen LogP contribution in [0.25, 0.3) is 32.0 Å². The van der Waals surface area contributed by atoms with Gasteiger partial charge in [0.15, 0.2) is 5.58 Å². The van der Waals surface area contributed by atoms with Gasteiger partial charge in [-0.05, 0) is 155 Å². The van der Waals surface area contributed by atoms with E-state index in [1.54, 1.807) is 0 Å². The van der Waals surface area contributed by atoms with Gasteiger partial charge in [0.25, 0.3) is 6.71 Å². The van der Waals surface area contributed by atoms with Gasteiger partial charge < -0.3 is 19.1 Å². The quantitative estimate of drug-likeness (QED) is 0.160. The first-order valence-electron chi connectivity index (χ1n) is 25.3. The molecule has 0 unspecified atom stereocenters. The lowest BCUT2D eigenvalue weighted by molar-refractivity contribution is 0.590. The minimum absolute atomic E-state index is 0.00295. The van der Waals surface area contributed by atoms with Crippen molar-refractivity contribution in [3.05, 3.63) is 191 Å². The van der Waals surface area contributed by atoms with Crippen molar-refractivity contribution in [2.24, 2.45) is 0 Å². The van der Waals surface area contributed by atoms with E-state index in [2.05, 4.69) is 256 Å². The third-order valence-corrected chi connectivity index (χ3v) is 16.3. The SMILES string of the molecule is Cc1ccc(N(c2ccc(C)cc2)c2cc3c(c4c2oc2ccccc24)B2c4sc5ccc(C(C)(C)C)cc5c4N(c4ccc(C(C)(C)C)cc4)c4cc(C)cc(c42)N3c2ccc(C(C)(C)C)cc2)cc1. The van der Waals surface area contributed by atoms with E-state index in [-0.39, 0.29) is 23.0 Å². The van der Waals surface area contributed by atoms with Gasteiger partial charge >= 0.3 is 0 Å². The molecule has 10 aromatic rings. The molecule has 0 saturated carbocycles. The minimum Gasteiger partial charge on any atom is -0.454 e. The summed E-state index contributed by atoms with van der Waals surface area (Å²) in [5.41, 5.74) is 22.2. The van der Waals surface area contributed by atoms with E-state index in [1.165, 1.54) is 81.9 Å². The highest BCUT2D eigenvalue weighted by Crippen LogP contribution is 2.52. The van der Waals surface area contributed by atoms with Crippen LogP contribution in [0.15, 0.2) is 162 Å². The summed E-state index contributed by atoms with van der Waals surface area (Å²) in [5, 5.41) is 3.56. The number of nitrogens with zero attached hydrogens (tertiary/aromatic N) is 3. The summed E-state index contributed by atoms with van der Waals surface area (Å²) in [6.45, 7) is 27.3. The van der Waals surface area contributed by atoms with Crippen LogP contribution in [-0.2, 0) is 16.2 Å². The second-order valence-electron chi connectivity index (χ2n) is 23.3. The molecule has 352 valence electrons. The first-order chi connectivity index (χ1) is 33.8. The Morgan fingerprint density at radius 3 is 1.55 bits per heavy atom. The average molecular weight is 944 g/mol. The van der Waals surface area contributed by atoms with E-state index in [1.807, 2.05) is 11.3 Å². The summed E-state index contributed by atoms with van der Waals surface area (Å²) in [4.78, 5) is 7.59. The lowest BCUT2D eigenvalue weighted by Gasteiger charge is -2.44. The van der Waals surface area contributed by atoms with Crippen molar-refractivity contribution in [2.75, 3.05) is 14.7 Å². The van der Waals surface area contributed by atoms with Crippen LogP contribution >= 0.6 is 11.3 Å². The number of rotatable bonds is 5. The highest BCUT2D eigenvalue weighted by molar-refractivity contribution is 7.34. The monoisotopic (exact) mass is 943 g/mol. The minimum atomic E-state index is -0.110. The lowest BCUT2D eigenvalue weighted by atomic mass is 9.35. The lowest BCUT2D eigenvalue weighted by Crippen LogP contribution is -2.60. The third-order valence-electron chi connectivity index (χ3n) is 15.1. The highest BCUT2D eigenvalue weighted by Gasteiger charge is 2.47. The smallest absolute Gasteiger partial charge is 0.265 e. The van der Waals surface area contributed by atoms with Crippen LogP contribution in [0.5, 0.6) is 0 Å². The van der Waals surface area contributed by atoms with Gasteiger partial charge in [-0.1, -0.05) is 146 Å². The molecule has 0 aliphatic carbocycles. The Balaban J connectivity index is 1.25. The molecule has 12 rings (SSSR count). The number of fused-ring (bicyclic) bond motifs is 10. The second kappa shape index (κ2) is 16.0. The number of hydrogen-bond acceptors (Lipinski definition) is 5. The maximum absolute atomic E-state index is 7.33. The number of thiophene rings is 1. The summed E-state index contributed by atoms with van der Waals surface area (Å²) in [6.07, 6.45) is 0. The van der Waals surface area contributed by atoms with E-state index in [9.17, 15) is 0 Å². The van der Waals surface area contributed by atoms with Crippen molar-refractivity contribution in [1.82, 2.24) is 0 Å². The van der Waals surface area contributed by atoms with Crippen molar-refractivity contribution in [2.45, 2.75) is 99.3 Å². The molecule has 0 bridgehead atoms. The second-order valence-corrected chi connectivity index (χ2v) is 24.4. The molecule has 0 spiro atoms. The predicted molar refractivity (Wildman–Crippen MR) is 308 cm³/mol. The number of furan rings is 1. The standard InChI is InChI=1S/C65H62BN3OS/c1-39-17-26-45(27-18-39)67(46-28-19-40(2)20-29-46)54-38-53-59(57-49-15-13-14-16-55(49)70-61(54)57)66-58-51(68(53)47-30-21-42(22-31-47)63(4,5)6)35-41(3)36-52(58)69(48-32-23-43(24-33-48)64(7,8)9)60-50-37-44(65(10,11)12)25-34-56(50)71-62(60)66/h13-38H,1-12H3. The first-order valence-corrected chi connectivity index (χ1v) is 26.1. The fourth-order valence-corrected chi connectivity index (χ4v) is 12.5. The molecule has 4 heterocycles. The molecule has 71 heavy (non-hydrogen) atoms. The number of benzene rings is 8. The van der Waals surface area contributed by atoms with Gasteiger partial charge in [-0.3, -0.25) is 0 Å². The van der Waals surface area contributed by atoms with Crippen molar-refractivity contribution in [3.8, 4) is 0 Å². The number of aryl methyl sites for hydroxylation is 3. The Labute approximate surface area is 424 Å². The summed E-state index contributed by atoms with van der Waals surface area (Å²) >= 11 is 1.96. The molecule has 2 aliphatic rings. The average Bonchev–Trinajstić information content (AvgIpc) is 3.91. The predicted octanol–water partition coefficient (Wildman–Crippen LogP) is 17.2. The molecule has 0 fully saturated rings. The Morgan fingerprint density at radius 1 is 0.479 bits per heavy atom. The van der Waals surface area contributed by atoms with Crippen LogP contribution in [-0.4, -0.2) is 6.71 Å². The summed E-state index contributed by atoms with van der Waals surface area (Å²) < 4.78 is 9.97. The van der Waals surface area contributed by atoms with E-state index in [0.717, 1.165) is 50.4 Å². The van der Waals surface area contributed by atoms with Gasteiger partial charge in [-0.2, -0.15) is 0 Å². The van der Waals surface area contributed by atoms with E-state index in [4.69, 9.17) is 4.42 Å². The maximum atomic E-state index is 7.33. The van der Waals surface area contributed by atoms with Crippen LogP contribution < -0.4 is 30.4 Å². The molecule has 6 heteroatoms. The van der Waals surface area contributed by atoms with Crippen LogP contribution in [0.1, 0.15) is 95.7 Å². The molecule has 2 aliphatic heterocycles. The van der Waals surface area contributed by atoms with E-state index >= 15 is 0 Å². The molecule has 0 amide bonds. The summed E-state index contributed by atoms with van der Waals surface area (Å²) in [7, 11) is 0. The Bertz CT molecular complexity index is 3680. The van der Waals surface area contributed by atoms with Gasteiger partial charge in [0.05, 0.1) is 11.4 Å². The van der Waals surface area contributed by atoms with Crippen LogP contribution in [0.2, 0.25) is 0 Å². The molecule has 4 nitrogen and oxygen atoms in total. The third kappa shape index (κ3) is 7.31. The molecular weight excluding hydrogens is 882 g/mol. The molecular formula is C65H62BN3OS. The van der Waals surface area contributed by atoms with Crippen LogP contribution in [0, 0.1) is 20.8 Å². The topological polar surface area (TPSA) is 22.9 Å². The highest BCUT2D eigenvalue weighted by atomic mass is 32.1. The molecule has 0 radical (unpaired) electrons. The van der Waals surface area contributed by atoms with Gasteiger partial charge in [-0.25, -0.2) is 0 Å². The van der Waals surface area contributed by atoms with E-state index in [0.29, 0.717) is 0 Å². The summed E-state index contributed by atoms with van der Waals surface area (Å²) in [5.74, 6) is 0. The number of hydrogen-bond donors (Lipinski definition) is 0. The maximum Gasteiger partial charge on any atom is 0.265 e. The largest absolute Gasteiger partial charge is 0.454 e. The van der Waals surface area contributed by atoms with Gasteiger partial charge in [-0.15, -0.1) is 11.3 Å². The zero-order chi connectivity index (χ0) is 49.5. The molecule has 0 saturated heterocycles. The van der Waals surface area contributed by atoms with Gasteiger partial charge in [0.2, 0.25) is 0 Å². The zero-order valence-corrected chi connectivity index (χ0v) is 44.1. The first kappa shape index (κ1) is 45.1. The van der Waals surface area contributed by atoms with Gasteiger partial charge in [0.1, 0.15) is 5.58 Å². The molecule has 0 atom stereocenters. The van der Waals surface area contributed by atoms with Crippen molar-refractivity contribution in [3.63, 3.8) is 0 Å². The Morgan fingerprint density at radius 2 is 0.986 bits per heavy atom. The van der Waals surface area contributed by atoms with Crippen molar-refractivity contribution in [1.29, 1.82) is 0 Å². The van der Waals surface area contributed by atoms with Crippen LogP contribution in [0.3, 0.4) is 0 Å². The summed E-state index contributed by atoms with van der Waals surface area (Å²) in [6, 6.07) is 59.9. The molecule has 0 N–H and O–H groups in total. The van der Waals surface area contributed by atoms with Crippen molar-refractivity contribution >= 4 is 117 Å². The molecule has 2 aromatic heterocycles. The Kier molecular flexibility index (Phi) is 10.2. The van der Waals surface area contributed by atoms with E-state index < -0.39 is 0 Å².